The molecule has 3 rings (SSSR count). The number of hydrogen-bond acceptors (Lipinski definition) is 3. The van der Waals surface area contributed by atoms with Crippen LogP contribution in [0.1, 0.15) is 24.4 Å². The Morgan fingerprint density at radius 3 is 2.32 bits per heavy atom. The van der Waals surface area contributed by atoms with Crippen LogP contribution in [-0.4, -0.2) is 36.2 Å². The summed E-state index contributed by atoms with van der Waals surface area (Å²) >= 11 is 3.04. The van der Waals surface area contributed by atoms with E-state index in [-0.39, 0.29) is 35.3 Å². The van der Waals surface area contributed by atoms with E-state index in [1.165, 1.54) is 6.07 Å². The summed E-state index contributed by atoms with van der Waals surface area (Å²) in [5.74, 6) is -2.30. The van der Waals surface area contributed by atoms with Crippen molar-refractivity contribution in [3.63, 3.8) is 0 Å². The first kappa shape index (κ1) is 19.9. The average molecular weight is 420 g/mol. The zero-order chi connectivity index (χ0) is 14.3. The zero-order valence-corrected chi connectivity index (χ0v) is 15.0. The van der Waals surface area contributed by atoms with E-state index in [2.05, 4.69) is 26.1 Å². The molecule has 1 saturated carbocycles. The van der Waals surface area contributed by atoms with Crippen LogP contribution in [-0.2, 0) is 0 Å². The molecule has 8 heteroatoms. The van der Waals surface area contributed by atoms with E-state index in [1.54, 1.807) is 0 Å². The molecule has 1 heterocycles. The second-order valence-corrected chi connectivity index (χ2v) is 6.35. The van der Waals surface area contributed by atoms with Gasteiger partial charge in [-0.05, 0) is 40.8 Å². The fraction of sp³-hybridized carbons (Fsp3) is 0.571. The Hall–Kier alpha value is -0.140. The van der Waals surface area contributed by atoms with Crippen molar-refractivity contribution in [2.45, 2.75) is 18.9 Å². The van der Waals surface area contributed by atoms with E-state index in [1.807, 2.05) is 0 Å². The van der Waals surface area contributed by atoms with Gasteiger partial charge in [0, 0.05) is 37.8 Å². The molecule has 1 aromatic rings. The Bertz CT molecular complexity index is 526. The summed E-state index contributed by atoms with van der Waals surface area (Å²) in [4.78, 5) is 2.26. The second-order valence-electron chi connectivity index (χ2n) is 5.49. The lowest BCUT2D eigenvalue weighted by molar-refractivity contribution is 0.152. The van der Waals surface area contributed by atoms with Crippen LogP contribution in [0.4, 0.5) is 8.78 Å². The summed E-state index contributed by atoms with van der Waals surface area (Å²) in [5.41, 5.74) is 0.500. The van der Waals surface area contributed by atoms with Crippen LogP contribution < -0.4 is 5.32 Å². The predicted molar refractivity (Wildman–Crippen MR) is 90.1 cm³/mol. The minimum Gasteiger partial charge on any atom is -0.505 e. The molecule has 0 aromatic heterocycles. The minimum absolute atomic E-state index is 0. The first-order valence-corrected chi connectivity index (χ1v) is 7.70. The summed E-state index contributed by atoms with van der Waals surface area (Å²) in [5, 5.41) is 13.3. The van der Waals surface area contributed by atoms with Crippen LogP contribution in [0.15, 0.2) is 10.5 Å². The van der Waals surface area contributed by atoms with E-state index in [0.717, 1.165) is 39.0 Å². The van der Waals surface area contributed by atoms with Crippen molar-refractivity contribution in [3.05, 3.63) is 27.7 Å². The Morgan fingerprint density at radius 2 is 1.77 bits per heavy atom. The molecular formula is C14H19BrCl2F2N2O. The standard InChI is InChI=1S/C14H17BrF2N2O.2ClH/c15-10-7-9(14(20)12(17)11(10)16)13(8-1-2-8)19-5-3-18-4-6-19;;/h7-8,13,18,20H,1-6H2;2*1H/t13-;;/m0../s1. The highest BCUT2D eigenvalue weighted by Gasteiger charge is 2.39. The molecule has 0 radical (unpaired) electrons. The number of hydrogen-bond donors (Lipinski definition) is 2. The minimum atomic E-state index is -1.16. The van der Waals surface area contributed by atoms with Gasteiger partial charge in [-0.25, -0.2) is 4.39 Å². The van der Waals surface area contributed by atoms with Gasteiger partial charge in [-0.3, -0.25) is 4.90 Å². The SMILES string of the molecule is Cl.Cl.Oc1c([C@H](C2CC2)N2CCNCC2)cc(Br)c(F)c1F. The third-order valence-corrected chi connectivity index (χ3v) is 4.68. The monoisotopic (exact) mass is 418 g/mol. The third kappa shape index (κ3) is 3.85. The van der Waals surface area contributed by atoms with Crippen molar-refractivity contribution in [3.8, 4) is 5.75 Å². The van der Waals surface area contributed by atoms with Crippen molar-refractivity contribution in [2.75, 3.05) is 26.2 Å². The van der Waals surface area contributed by atoms with Crippen molar-refractivity contribution < 1.29 is 13.9 Å². The fourth-order valence-corrected chi connectivity index (χ4v) is 3.37. The lowest BCUT2D eigenvalue weighted by Gasteiger charge is -2.35. The fourth-order valence-electron chi connectivity index (χ4n) is 2.95. The number of halogens is 5. The number of aromatic hydroxyl groups is 1. The smallest absolute Gasteiger partial charge is 0.201 e. The molecule has 0 spiro atoms. The molecule has 2 fully saturated rings. The first-order valence-electron chi connectivity index (χ1n) is 6.90. The number of piperazine rings is 1. The van der Waals surface area contributed by atoms with Crippen LogP contribution in [0.25, 0.3) is 0 Å². The molecule has 22 heavy (non-hydrogen) atoms. The quantitative estimate of drug-likeness (QED) is 0.734. The van der Waals surface area contributed by atoms with Crippen molar-refractivity contribution >= 4 is 40.7 Å². The summed E-state index contributed by atoms with van der Waals surface area (Å²) in [6.07, 6.45) is 2.15. The van der Waals surface area contributed by atoms with Crippen molar-refractivity contribution in [1.82, 2.24) is 10.2 Å². The van der Waals surface area contributed by atoms with Gasteiger partial charge >= 0.3 is 0 Å². The van der Waals surface area contributed by atoms with Gasteiger partial charge in [-0.1, -0.05) is 0 Å². The molecular weight excluding hydrogens is 401 g/mol. The van der Waals surface area contributed by atoms with Crippen molar-refractivity contribution in [1.29, 1.82) is 0 Å². The molecule has 0 bridgehead atoms. The largest absolute Gasteiger partial charge is 0.505 e. The molecule has 2 aliphatic rings. The van der Waals surface area contributed by atoms with Crippen LogP contribution >= 0.6 is 40.7 Å². The van der Waals surface area contributed by atoms with Crippen LogP contribution in [0.5, 0.6) is 5.75 Å². The van der Waals surface area contributed by atoms with Gasteiger partial charge in [-0.2, -0.15) is 4.39 Å². The number of nitrogens with one attached hydrogen (secondary N) is 1. The maximum atomic E-state index is 13.8. The second kappa shape index (κ2) is 8.11. The van der Waals surface area contributed by atoms with Crippen LogP contribution in [0.3, 0.4) is 0 Å². The summed E-state index contributed by atoms with van der Waals surface area (Å²) in [6, 6.07) is 1.50. The Kier molecular flexibility index (Phi) is 7.33. The third-order valence-electron chi connectivity index (χ3n) is 4.10. The molecule has 126 valence electrons. The van der Waals surface area contributed by atoms with Gasteiger partial charge in [0.25, 0.3) is 0 Å². The maximum Gasteiger partial charge on any atom is 0.201 e. The molecule has 1 aromatic carbocycles. The molecule has 0 unspecified atom stereocenters. The Balaban J connectivity index is 0.00000121. The highest BCUT2D eigenvalue weighted by molar-refractivity contribution is 9.10. The maximum absolute atomic E-state index is 13.8. The van der Waals surface area contributed by atoms with E-state index in [9.17, 15) is 13.9 Å². The van der Waals surface area contributed by atoms with Crippen LogP contribution in [0, 0.1) is 17.6 Å². The van der Waals surface area contributed by atoms with Gasteiger partial charge in [0.1, 0.15) is 0 Å². The van der Waals surface area contributed by atoms with E-state index >= 15 is 0 Å². The average Bonchev–Trinajstić information content (AvgIpc) is 3.28. The molecule has 2 N–H and O–H groups in total. The molecule has 3 nitrogen and oxygen atoms in total. The Morgan fingerprint density at radius 1 is 1.18 bits per heavy atom. The van der Waals surface area contributed by atoms with Gasteiger partial charge in [0.2, 0.25) is 5.82 Å². The van der Waals surface area contributed by atoms with Gasteiger partial charge in [-0.15, -0.1) is 24.8 Å². The van der Waals surface area contributed by atoms with E-state index in [0.29, 0.717) is 11.5 Å². The molecule has 1 saturated heterocycles. The van der Waals surface area contributed by atoms with E-state index < -0.39 is 17.4 Å². The Labute approximate surface area is 149 Å². The van der Waals surface area contributed by atoms with Gasteiger partial charge in [0.05, 0.1) is 4.47 Å². The predicted octanol–water partition coefficient (Wildman–Crippen LogP) is 3.63. The summed E-state index contributed by atoms with van der Waals surface area (Å²) < 4.78 is 27.3. The number of phenolic OH excluding ortho intramolecular Hbond substituents is 1. The molecule has 0 amide bonds. The highest BCUT2D eigenvalue weighted by Crippen LogP contribution is 2.48. The summed E-state index contributed by atoms with van der Waals surface area (Å²) in [6.45, 7) is 3.48. The molecule has 1 atom stereocenters. The lowest BCUT2D eigenvalue weighted by Crippen LogP contribution is -2.45. The number of rotatable bonds is 3. The number of phenols is 1. The van der Waals surface area contributed by atoms with Gasteiger partial charge in [0.15, 0.2) is 11.6 Å². The van der Waals surface area contributed by atoms with E-state index in [4.69, 9.17) is 0 Å². The highest BCUT2D eigenvalue weighted by atomic mass is 79.9. The molecule has 1 aliphatic heterocycles. The van der Waals surface area contributed by atoms with Crippen molar-refractivity contribution in [2.24, 2.45) is 5.92 Å². The topological polar surface area (TPSA) is 35.5 Å². The number of nitrogens with zero attached hydrogens (tertiary/aromatic N) is 1. The van der Waals surface area contributed by atoms with Gasteiger partial charge < -0.3 is 10.4 Å². The van der Waals surface area contributed by atoms with Crippen LogP contribution in [0.2, 0.25) is 0 Å². The normalized spacial score (nSPS) is 20.0. The first-order chi connectivity index (χ1) is 9.59. The zero-order valence-electron chi connectivity index (χ0n) is 11.8. The number of benzene rings is 1. The summed E-state index contributed by atoms with van der Waals surface area (Å²) in [7, 11) is 0. The molecule has 1 aliphatic carbocycles. The lowest BCUT2D eigenvalue weighted by atomic mass is 9.98.